The first-order valence-corrected chi connectivity index (χ1v) is 4.44. The maximum absolute atomic E-state index is 10.5. The summed E-state index contributed by atoms with van der Waals surface area (Å²) in [6, 6.07) is -0.816. The Hall–Kier alpha value is -0.880. The van der Waals surface area contributed by atoms with Gasteiger partial charge in [0.2, 0.25) is 5.88 Å². The van der Waals surface area contributed by atoms with Gasteiger partial charge in [0.15, 0.2) is 3.95 Å². The molecule has 1 heterocycles. The van der Waals surface area contributed by atoms with Gasteiger partial charge in [-0.1, -0.05) is 0 Å². The molecule has 12 heavy (non-hydrogen) atoms. The predicted octanol–water partition coefficient (Wildman–Crippen LogP) is 1.63. The van der Waals surface area contributed by atoms with E-state index in [1.807, 2.05) is 0 Å². The number of hydrogen-bond donors (Lipinski definition) is 2. The van der Waals surface area contributed by atoms with Crippen molar-refractivity contribution >= 4 is 29.5 Å². The summed E-state index contributed by atoms with van der Waals surface area (Å²) in [5, 5.41) is 19.2. The zero-order valence-corrected chi connectivity index (χ0v) is 7.85. The Morgan fingerprint density at radius 3 is 2.75 bits per heavy atom. The van der Waals surface area contributed by atoms with E-state index >= 15 is 0 Å². The largest absolute Gasteiger partial charge is 0.494 e. The van der Waals surface area contributed by atoms with E-state index in [-0.39, 0.29) is 5.88 Å². The Bertz CT molecular complexity index is 354. The lowest BCUT2D eigenvalue weighted by molar-refractivity contribution is -0.140. The molecule has 2 N–H and O–H groups in total. The van der Waals surface area contributed by atoms with Crippen molar-refractivity contribution in [2.45, 2.75) is 13.0 Å². The van der Waals surface area contributed by atoms with Crippen molar-refractivity contribution in [2.24, 2.45) is 0 Å². The maximum Gasteiger partial charge on any atom is 0.326 e. The molecule has 1 rings (SSSR count). The number of carboxylic acid groups (broad SMARTS) is 1. The van der Waals surface area contributed by atoms with Crippen molar-refractivity contribution in [3.05, 3.63) is 9.33 Å². The quantitative estimate of drug-likeness (QED) is 0.720. The van der Waals surface area contributed by atoms with Crippen molar-refractivity contribution in [1.29, 1.82) is 0 Å². The molecule has 0 aromatic carbocycles. The summed E-state index contributed by atoms with van der Waals surface area (Å²) >= 11 is 5.97. The molecule has 1 aromatic heterocycles. The highest BCUT2D eigenvalue weighted by molar-refractivity contribution is 7.73. The molecule has 1 unspecified atom stereocenters. The van der Waals surface area contributed by atoms with Crippen LogP contribution in [0.25, 0.3) is 0 Å². The number of carbonyl (C=O) groups is 1. The molecule has 0 bridgehead atoms. The standard InChI is InChI=1S/C6H7NO3S2/c1-3(5(9)10)7-4(8)2-12-6(7)11/h2-3,8H,1H3,(H,9,10). The lowest BCUT2D eigenvalue weighted by Crippen LogP contribution is -2.14. The van der Waals surface area contributed by atoms with Crippen LogP contribution in [0.5, 0.6) is 5.88 Å². The summed E-state index contributed by atoms with van der Waals surface area (Å²) in [5.41, 5.74) is 0. The molecule has 0 saturated heterocycles. The number of nitrogens with zero attached hydrogens (tertiary/aromatic N) is 1. The zero-order chi connectivity index (χ0) is 9.30. The fourth-order valence-electron chi connectivity index (χ4n) is 0.777. The highest BCUT2D eigenvalue weighted by atomic mass is 32.1. The average molecular weight is 205 g/mol. The third-order valence-corrected chi connectivity index (χ3v) is 2.67. The van der Waals surface area contributed by atoms with Crippen LogP contribution in [0.2, 0.25) is 0 Å². The third kappa shape index (κ3) is 1.49. The van der Waals surface area contributed by atoms with Gasteiger partial charge < -0.3 is 10.2 Å². The summed E-state index contributed by atoms with van der Waals surface area (Å²) in [6.07, 6.45) is 0. The monoisotopic (exact) mass is 205 g/mol. The molecular weight excluding hydrogens is 198 g/mol. The minimum atomic E-state index is -1.01. The Labute approximate surface area is 77.7 Å². The van der Waals surface area contributed by atoms with E-state index in [9.17, 15) is 9.90 Å². The molecule has 0 amide bonds. The Morgan fingerprint density at radius 1 is 1.83 bits per heavy atom. The Balaban J connectivity index is 3.18. The number of aromatic hydroxyl groups is 1. The van der Waals surface area contributed by atoms with Crippen LogP contribution >= 0.6 is 23.6 Å². The van der Waals surface area contributed by atoms with E-state index in [0.29, 0.717) is 3.95 Å². The van der Waals surface area contributed by atoms with E-state index in [0.717, 1.165) is 11.3 Å². The van der Waals surface area contributed by atoms with Gasteiger partial charge in [0.1, 0.15) is 6.04 Å². The molecule has 0 radical (unpaired) electrons. The molecule has 1 aromatic rings. The summed E-state index contributed by atoms with van der Waals surface area (Å²) in [4.78, 5) is 10.5. The van der Waals surface area contributed by atoms with Gasteiger partial charge in [-0.2, -0.15) is 0 Å². The average Bonchev–Trinajstić information content (AvgIpc) is 2.30. The van der Waals surface area contributed by atoms with Gasteiger partial charge in [0.25, 0.3) is 0 Å². The summed E-state index contributed by atoms with van der Waals surface area (Å²) in [6.45, 7) is 1.46. The number of hydrogen-bond acceptors (Lipinski definition) is 4. The summed E-state index contributed by atoms with van der Waals surface area (Å²) in [5.74, 6) is -1.11. The van der Waals surface area contributed by atoms with Gasteiger partial charge in [0, 0.05) is 0 Å². The predicted molar refractivity (Wildman–Crippen MR) is 47.2 cm³/mol. The lowest BCUT2D eigenvalue weighted by atomic mass is 10.3. The fourth-order valence-corrected chi connectivity index (χ4v) is 1.86. The molecule has 0 aliphatic heterocycles. The number of aromatic nitrogens is 1. The van der Waals surface area contributed by atoms with E-state index < -0.39 is 12.0 Å². The minimum Gasteiger partial charge on any atom is -0.494 e. The van der Waals surface area contributed by atoms with Crippen molar-refractivity contribution in [3.8, 4) is 5.88 Å². The SMILES string of the molecule is CC(C(=O)O)n1c(O)csc1=S. The summed E-state index contributed by atoms with van der Waals surface area (Å²) < 4.78 is 1.56. The third-order valence-electron chi connectivity index (χ3n) is 1.45. The first-order chi connectivity index (χ1) is 5.54. The van der Waals surface area contributed by atoms with Gasteiger partial charge in [-0.3, -0.25) is 4.57 Å². The van der Waals surface area contributed by atoms with Crippen LogP contribution in [-0.2, 0) is 4.79 Å². The smallest absolute Gasteiger partial charge is 0.326 e. The first-order valence-electron chi connectivity index (χ1n) is 3.16. The van der Waals surface area contributed by atoms with Crippen molar-refractivity contribution in [2.75, 3.05) is 0 Å². The molecule has 0 aliphatic carbocycles. The van der Waals surface area contributed by atoms with Crippen molar-refractivity contribution in [3.63, 3.8) is 0 Å². The van der Waals surface area contributed by atoms with Gasteiger partial charge in [-0.25, -0.2) is 4.79 Å². The molecule has 1 atom stereocenters. The Morgan fingerprint density at radius 2 is 2.42 bits per heavy atom. The number of thiazole rings is 1. The fraction of sp³-hybridized carbons (Fsp3) is 0.333. The number of carboxylic acids is 1. The molecule has 4 nitrogen and oxygen atoms in total. The number of rotatable bonds is 2. The van der Waals surface area contributed by atoms with Crippen LogP contribution in [0.1, 0.15) is 13.0 Å². The van der Waals surface area contributed by atoms with Gasteiger partial charge in [-0.15, -0.1) is 11.3 Å². The van der Waals surface area contributed by atoms with Crippen LogP contribution < -0.4 is 0 Å². The van der Waals surface area contributed by atoms with E-state index in [1.165, 1.54) is 16.9 Å². The van der Waals surface area contributed by atoms with Crippen LogP contribution in [0.3, 0.4) is 0 Å². The van der Waals surface area contributed by atoms with Gasteiger partial charge in [-0.05, 0) is 19.1 Å². The molecule has 66 valence electrons. The first kappa shape index (κ1) is 9.21. The molecule has 0 fully saturated rings. The van der Waals surface area contributed by atoms with E-state index in [2.05, 4.69) is 0 Å². The van der Waals surface area contributed by atoms with Crippen LogP contribution in [0.4, 0.5) is 0 Å². The zero-order valence-electron chi connectivity index (χ0n) is 6.22. The normalized spacial score (nSPS) is 12.8. The highest BCUT2D eigenvalue weighted by Crippen LogP contribution is 2.22. The molecule has 0 saturated carbocycles. The molecule has 0 aliphatic rings. The summed E-state index contributed by atoms with van der Waals surface area (Å²) in [7, 11) is 0. The lowest BCUT2D eigenvalue weighted by Gasteiger charge is -2.08. The second-order valence-corrected chi connectivity index (χ2v) is 3.75. The molecule has 6 heteroatoms. The van der Waals surface area contributed by atoms with E-state index in [4.69, 9.17) is 17.3 Å². The second-order valence-electron chi connectivity index (χ2n) is 2.24. The minimum absolute atomic E-state index is 0.0973. The topological polar surface area (TPSA) is 62.5 Å². The van der Waals surface area contributed by atoms with Crippen LogP contribution in [0.15, 0.2) is 5.38 Å². The second kappa shape index (κ2) is 3.24. The van der Waals surface area contributed by atoms with Gasteiger partial charge >= 0.3 is 5.97 Å². The highest BCUT2D eigenvalue weighted by Gasteiger charge is 2.16. The molecular formula is C6H7NO3S2. The van der Waals surface area contributed by atoms with Gasteiger partial charge in [0.05, 0.1) is 5.38 Å². The Kier molecular flexibility index (Phi) is 2.49. The van der Waals surface area contributed by atoms with Crippen molar-refractivity contribution in [1.82, 2.24) is 4.57 Å². The van der Waals surface area contributed by atoms with Crippen molar-refractivity contribution < 1.29 is 15.0 Å². The number of aliphatic carboxylic acids is 1. The van der Waals surface area contributed by atoms with E-state index in [1.54, 1.807) is 0 Å². The van der Waals surface area contributed by atoms with Crippen LogP contribution in [-0.4, -0.2) is 20.7 Å². The molecule has 0 spiro atoms. The van der Waals surface area contributed by atoms with Crippen LogP contribution in [0, 0.1) is 3.95 Å². The maximum atomic E-state index is 10.5.